The van der Waals surface area contributed by atoms with E-state index in [0.717, 1.165) is 5.56 Å². The maximum Gasteiger partial charge on any atom is 0.346 e. The Bertz CT molecular complexity index is 546. The Morgan fingerprint density at radius 1 is 1.32 bits per heavy atom. The van der Waals surface area contributed by atoms with E-state index < -0.39 is 17.4 Å². The second kappa shape index (κ2) is 8.72. The standard InChI is InChI=1S/C15H18INO5/c1-11(17-22-9-13(18)21-2)15(10-16,14(19)20)8-12-6-4-3-5-7-12/h3-7H,8-10H2,1-2H3,(H,19,20). The molecule has 7 heteroatoms. The number of carboxylic acids is 1. The van der Waals surface area contributed by atoms with Gasteiger partial charge in [-0.1, -0.05) is 58.1 Å². The Labute approximate surface area is 142 Å². The molecule has 6 nitrogen and oxygen atoms in total. The molecule has 22 heavy (non-hydrogen) atoms. The van der Waals surface area contributed by atoms with Crippen LogP contribution in [0.3, 0.4) is 0 Å². The summed E-state index contributed by atoms with van der Waals surface area (Å²) < 4.78 is 4.76. The number of benzene rings is 1. The number of alkyl halides is 1. The number of aliphatic carboxylic acids is 1. The van der Waals surface area contributed by atoms with E-state index >= 15 is 0 Å². The number of carboxylic acid groups (broad SMARTS) is 1. The molecule has 0 aliphatic rings. The number of rotatable bonds is 8. The summed E-state index contributed by atoms with van der Waals surface area (Å²) in [7, 11) is 1.24. The zero-order chi connectivity index (χ0) is 16.6. The minimum atomic E-state index is -1.18. The zero-order valence-electron chi connectivity index (χ0n) is 12.4. The zero-order valence-corrected chi connectivity index (χ0v) is 14.6. The van der Waals surface area contributed by atoms with Gasteiger partial charge in [-0.25, -0.2) is 4.79 Å². The van der Waals surface area contributed by atoms with Gasteiger partial charge in [0, 0.05) is 4.43 Å². The highest BCUT2D eigenvalue weighted by molar-refractivity contribution is 14.1. The van der Waals surface area contributed by atoms with Crippen molar-refractivity contribution in [3.8, 4) is 0 Å². The Morgan fingerprint density at radius 2 is 1.95 bits per heavy atom. The quantitative estimate of drug-likeness (QED) is 0.230. The number of halogens is 1. The predicted molar refractivity (Wildman–Crippen MR) is 90.2 cm³/mol. The van der Waals surface area contributed by atoms with Gasteiger partial charge in [0.2, 0.25) is 6.61 Å². The number of nitrogens with zero attached hydrogens (tertiary/aromatic N) is 1. The van der Waals surface area contributed by atoms with Gasteiger partial charge in [-0.05, 0) is 18.9 Å². The number of hydrogen-bond donors (Lipinski definition) is 1. The van der Waals surface area contributed by atoms with Crippen LogP contribution in [0, 0.1) is 5.41 Å². The van der Waals surface area contributed by atoms with Crippen LogP contribution < -0.4 is 0 Å². The third-order valence-corrected chi connectivity index (χ3v) is 4.59. The summed E-state index contributed by atoms with van der Waals surface area (Å²) in [4.78, 5) is 27.7. The van der Waals surface area contributed by atoms with Crippen LogP contribution in [-0.4, -0.2) is 40.9 Å². The first-order valence-electron chi connectivity index (χ1n) is 6.53. The molecular formula is C15H18INO5. The number of oxime groups is 1. The summed E-state index contributed by atoms with van der Waals surface area (Å²) in [6.45, 7) is 1.24. The van der Waals surface area contributed by atoms with Crippen LogP contribution in [0.25, 0.3) is 0 Å². The summed E-state index contributed by atoms with van der Waals surface area (Å²) in [6.07, 6.45) is 0.295. The topological polar surface area (TPSA) is 85.2 Å². The summed E-state index contributed by atoms with van der Waals surface area (Å²) in [5, 5.41) is 13.5. The van der Waals surface area contributed by atoms with Crippen molar-refractivity contribution < 1.29 is 24.3 Å². The lowest BCUT2D eigenvalue weighted by Gasteiger charge is -2.27. The average Bonchev–Trinajstić information content (AvgIpc) is 2.52. The van der Waals surface area contributed by atoms with Gasteiger partial charge >= 0.3 is 11.9 Å². The highest BCUT2D eigenvalue weighted by atomic mass is 127. The maximum atomic E-state index is 11.8. The van der Waals surface area contributed by atoms with Crippen molar-refractivity contribution in [3.05, 3.63) is 35.9 Å². The fraction of sp³-hybridized carbons (Fsp3) is 0.400. The third-order valence-electron chi connectivity index (χ3n) is 3.29. The summed E-state index contributed by atoms with van der Waals surface area (Å²) in [5.41, 5.74) is 0.0177. The monoisotopic (exact) mass is 419 g/mol. The number of methoxy groups -OCH3 is 1. The molecule has 0 saturated heterocycles. The van der Waals surface area contributed by atoms with Gasteiger partial charge in [0.15, 0.2) is 0 Å². The number of hydrogen-bond acceptors (Lipinski definition) is 5. The van der Waals surface area contributed by atoms with Crippen LogP contribution in [0.2, 0.25) is 0 Å². The molecule has 0 saturated carbocycles. The number of carbonyl (C=O) groups excluding carboxylic acids is 1. The highest BCUT2D eigenvalue weighted by Gasteiger charge is 2.41. The van der Waals surface area contributed by atoms with Crippen LogP contribution in [0.1, 0.15) is 12.5 Å². The second-order valence-corrected chi connectivity index (χ2v) is 5.47. The first-order chi connectivity index (χ1) is 10.5. The normalized spacial score (nSPS) is 14.0. The lowest BCUT2D eigenvalue weighted by Crippen LogP contribution is -2.42. The summed E-state index contributed by atoms with van der Waals surface area (Å²) in [6, 6.07) is 9.32. The lowest BCUT2D eigenvalue weighted by molar-refractivity contribution is -0.145. The molecule has 1 N–H and O–H groups in total. The van der Waals surface area contributed by atoms with Crippen molar-refractivity contribution in [2.24, 2.45) is 10.6 Å². The van der Waals surface area contributed by atoms with Crippen molar-refractivity contribution in [2.45, 2.75) is 13.3 Å². The van der Waals surface area contributed by atoms with E-state index in [-0.39, 0.29) is 6.61 Å². The van der Waals surface area contributed by atoms with E-state index in [4.69, 9.17) is 4.84 Å². The van der Waals surface area contributed by atoms with Crippen molar-refractivity contribution >= 4 is 40.2 Å². The Morgan fingerprint density at radius 3 is 2.45 bits per heavy atom. The molecule has 0 spiro atoms. The first-order valence-corrected chi connectivity index (χ1v) is 8.06. The molecule has 0 aliphatic heterocycles. The lowest BCUT2D eigenvalue weighted by atomic mass is 9.80. The average molecular weight is 419 g/mol. The van der Waals surface area contributed by atoms with Gasteiger partial charge in [-0.15, -0.1) is 0 Å². The highest BCUT2D eigenvalue weighted by Crippen LogP contribution is 2.29. The van der Waals surface area contributed by atoms with E-state index in [0.29, 0.717) is 16.6 Å². The Kier molecular flexibility index (Phi) is 7.30. The van der Waals surface area contributed by atoms with Crippen molar-refractivity contribution in [1.82, 2.24) is 0 Å². The van der Waals surface area contributed by atoms with Crippen molar-refractivity contribution in [2.75, 3.05) is 18.1 Å². The minimum Gasteiger partial charge on any atom is -0.481 e. The molecule has 0 amide bonds. The van der Waals surface area contributed by atoms with Crippen LogP contribution in [-0.2, 0) is 25.6 Å². The van der Waals surface area contributed by atoms with E-state index in [9.17, 15) is 14.7 Å². The van der Waals surface area contributed by atoms with Crippen molar-refractivity contribution in [1.29, 1.82) is 0 Å². The predicted octanol–water partition coefficient (Wildman–Crippen LogP) is 2.30. The van der Waals surface area contributed by atoms with Crippen LogP contribution in [0.5, 0.6) is 0 Å². The number of ether oxygens (including phenoxy) is 1. The van der Waals surface area contributed by atoms with Gasteiger partial charge in [0.1, 0.15) is 5.41 Å². The molecule has 0 aromatic heterocycles. The van der Waals surface area contributed by atoms with Crippen LogP contribution >= 0.6 is 22.6 Å². The SMILES string of the molecule is COC(=O)CON=C(C)C(CI)(Cc1ccccc1)C(=O)O. The molecule has 1 rings (SSSR count). The van der Waals surface area contributed by atoms with E-state index in [1.165, 1.54) is 7.11 Å². The maximum absolute atomic E-state index is 11.8. The van der Waals surface area contributed by atoms with Gasteiger partial charge in [0.05, 0.1) is 12.8 Å². The van der Waals surface area contributed by atoms with E-state index in [1.807, 2.05) is 52.9 Å². The van der Waals surface area contributed by atoms with Gasteiger partial charge in [-0.3, -0.25) is 4.79 Å². The largest absolute Gasteiger partial charge is 0.481 e. The smallest absolute Gasteiger partial charge is 0.346 e. The molecule has 1 atom stereocenters. The minimum absolute atomic E-state index is 0.295. The second-order valence-electron chi connectivity index (χ2n) is 4.71. The fourth-order valence-corrected chi connectivity index (χ4v) is 2.98. The molecular weight excluding hydrogens is 401 g/mol. The van der Waals surface area contributed by atoms with Gasteiger partial charge in [-0.2, -0.15) is 0 Å². The Balaban J connectivity index is 2.98. The molecule has 1 unspecified atom stereocenters. The molecule has 1 aromatic rings. The van der Waals surface area contributed by atoms with Gasteiger partial charge < -0.3 is 14.7 Å². The van der Waals surface area contributed by atoms with Crippen LogP contribution in [0.4, 0.5) is 0 Å². The van der Waals surface area contributed by atoms with E-state index in [1.54, 1.807) is 6.92 Å². The number of esters is 1. The summed E-state index contributed by atoms with van der Waals surface area (Å²) >= 11 is 2.02. The third kappa shape index (κ3) is 4.69. The van der Waals surface area contributed by atoms with Crippen LogP contribution in [0.15, 0.2) is 35.5 Å². The van der Waals surface area contributed by atoms with Crippen molar-refractivity contribution in [3.63, 3.8) is 0 Å². The molecule has 120 valence electrons. The fourth-order valence-electron chi connectivity index (χ4n) is 1.83. The molecule has 0 bridgehead atoms. The molecule has 0 fully saturated rings. The Hall–Kier alpha value is -1.64. The van der Waals surface area contributed by atoms with Gasteiger partial charge in [0.25, 0.3) is 0 Å². The molecule has 1 aromatic carbocycles. The van der Waals surface area contributed by atoms with E-state index in [2.05, 4.69) is 9.89 Å². The molecule has 0 heterocycles. The molecule has 0 aliphatic carbocycles. The molecule has 0 radical (unpaired) electrons. The first kappa shape index (κ1) is 18.4. The number of carbonyl (C=O) groups is 2. The summed E-state index contributed by atoms with van der Waals surface area (Å²) in [5.74, 6) is -1.55.